The van der Waals surface area contributed by atoms with E-state index >= 15 is 0 Å². The molecule has 0 aromatic heterocycles. The monoisotopic (exact) mass is 390 g/mol. The topological polar surface area (TPSA) is 95.4 Å². The third-order valence-electron chi connectivity index (χ3n) is 4.72. The van der Waals surface area contributed by atoms with E-state index in [0.29, 0.717) is 0 Å². The molecule has 29 heavy (non-hydrogen) atoms. The SMILES string of the molecule is C.Cc1ccc(B(OC(=O)C(N)CCC(N)=O)c2cccc3ccccc23)cc1. The van der Waals surface area contributed by atoms with Crippen LogP contribution in [0.25, 0.3) is 10.8 Å². The number of nitrogens with two attached hydrogens (primary N) is 2. The van der Waals surface area contributed by atoms with E-state index in [9.17, 15) is 9.59 Å². The van der Waals surface area contributed by atoms with E-state index < -0.39 is 24.8 Å². The molecule has 3 aromatic carbocycles. The highest BCUT2D eigenvalue weighted by atomic mass is 16.5. The largest absolute Gasteiger partial charge is 0.525 e. The molecular weight excluding hydrogens is 363 g/mol. The molecule has 0 fully saturated rings. The van der Waals surface area contributed by atoms with Gasteiger partial charge >= 0.3 is 12.9 Å². The van der Waals surface area contributed by atoms with Crippen molar-refractivity contribution in [3.63, 3.8) is 0 Å². The molecule has 3 aromatic rings. The van der Waals surface area contributed by atoms with Gasteiger partial charge in [0, 0.05) is 6.42 Å². The van der Waals surface area contributed by atoms with E-state index in [1.807, 2.05) is 73.7 Å². The molecule has 0 aliphatic rings. The Kier molecular flexibility index (Phi) is 7.56. The first-order chi connectivity index (χ1) is 13.5. The fraction of sp³-hybridized carbons (Fsp3) is 0.217. The number of benzene rings is 3. The van der Waals surface area contributed by atoms with Crippen LogP contribution < -0.4 is 22.4 Å². The predicted octanol–water partition coefficient (Wildman–Crippen LogP) is 2.03. The van der Waals surface area contributed by atoms with Crippen LogP contribution in [0.1, 0.15) is 25.8 Å². The number of fused-ring (bicyclic) bond motifs is 1. The lowest BCUT2D eigenvalue weighted by Gasteiger charge is -2.19. The fourth-order valence-electron chi connectivity index (χ4n) is 3.15. The Morgan fingerprint density at radius 1 is 1.00 bits per heavy atom. The van der Waals surface area contributed by atoms with Crippen LogP contribution in [0.2, 0.25) is 0 Å². The average Bonchev–Trinajstić information content (AvgIpc) is 2.70. The third kappa shape index (κ3) is 5.45. The highest BCUT2D eigenvalue weighted by Gasteiger charge is 2.29. The van der Waals surface area contributed by atoms with Crippen molar-refractivity contribution in [3.8, 4) is 0 Å². The van der Waals surface area contributed by atoms with Crippen LogP contribution in [0, 0.1) is 6.92 Å². The number of carbonyl (C=O) groups excluding carboxylic acids is 2. The molecule has 0 saturated heterocycles. The van der Waals surface area contributed by atoms with Gasteiger partial charge in [-0.2, -0.15) is 0 Å². The third-order valence-corrected chi connectivity index (χ3v) is 4.72. The van der Waals surface area contributed by atoms with Gasteiger partial charge in [-0.1, -0.05) is 79.7 Å². The average molecular weight is 390 g/mol. The van der Waals surface area contributed by atoms with Gasteiger partial charge in [-0.3, -0.25) is 9.59 Å². The predicted molar refractivity (Wildman–Crippen MR) is 119 cm³/mol. The van der Waals surface area contributed by atoms with E-state index in [4.69, 9.17) is 16.1 Å². The van der Waals surface area contributed by atoms with Crippen molar-refractivity contribution in [1.82, 2.24) is 0 Å². The number of hydrogen-bond donors (Lipinski definition) is 2. The van der Waals surface area contributed by atoms with Crippen LogP contribution in [-0.2, 0) is 14.2 Å². The zero-order valence-electron chi connectivity index (χ0n) is 15.8. The Labute approximate surface area is 172 Å². The van der Waals surface area contributed by atoms with Gasteiger partial charge in [0.2, 0.25) is 5.91 Å². The zero-order chi connectivity index (χ0) is 20.1. The molecule has 0 aliphatic heterocycles. The molecule has 0 heterocycles. The lowest BCUT2D eigenvalue weighted by Crippen LogP contribution is -2.49. The standard InChI is InChI=1S/C22H23BN2O3.CH4/c1-15-9-11-17(12-10-15)23(28-22(27)20(24)13-14-21(25)26)19-8-4-6-16-5-2-3-7-18(16)19;/h2-12,20H,13-14,24H2,1H3,(H2,25,26);1H4. The smallest absolute Gasteiger partial charge is 0.430 e. The van der Waals surface area contributed by atoms with Crippen LogP contribution in [0.4, 0.5) is 0 Å². The summed E-state index contributed by atoms with van der Waals surface area (Å²) in [6, 6.07) is 20.8. The highest BCUT2D eigenvalue weighted by Crippen LogP contribution is 2.13. The Morgan fingerprint density at radius 3 is 2.34 bits per heavy atom. The maximum Gasteiger partial charge on any atom is 0.430 e. The number of rotatable bonds is 7. The number of amides is 1. The summed E-state index contributed by atoms with van der Waals surface area (Å²) in [6.07, 6.45) is 0.198. The molecule has 1 amide bonds. The summed E-state index contributed by atoms with van der Waals surface area (Å²) in [7, 11) is 0. The summed E-state index contributed by atoms with van der Waals surface area (Å²) in [4.78, 5) is 23.6. The molecule has 3 rings (SSSR count). The zero-order valence-corrected chi connectivity index (χ0v) is 15.8. The first-order valence-electron chi connectivity index (χ1n) is 9.24. The van der Waals surface area contributed by atoms with Gasteiger partial charge < -0.3 is 16.1 Å². The minimum atomic E-state index is -0.907. The highest BCUT2D eigenvalue weighted by molar-refractivity contribution is 6.83. The molecule has 0 radical (unpaired) electrons. The summed E-state index contributed by atoms with van der Waals surface area (Å²) in [5.74, 6) is -1.05. The number of carbonyl (C=O) groups is 2. The molecule has 4 N–H and O–H groups in total. The first kappa shape index (κ1) is 22.2. The van der Waals surface area contributed by atoms with Gasteiger partial charge in [-0.15, -0.1) is 0 Å². The van der Waals surface area contributed by atoms with Crippen molar-refractivity contribution in [2.24, 2.45) is 11.5 Å². The Bertz CT molecular complexity index is 984. The van der Waals surface area contributed by atoms with E-state index in [1.54, 1.807) is 0 Å². The van der Waals surface area contributed by atoms with Crippen LogP contribution in [0.3, 0.4) is 0 Å². The maximum absolute atomic E-state index is 12.6. The van der Waals surface area contributed by atoms with Gasteiger partial charge in [-0.05, 0) is 35.0 Å². The summed E-state index contributed by atoms with van der Waals surface area (Å²) < 4.78 is 5.85. The lowest BCUT2D eigenvalue weighted by atomic mass is 9.54. The van der Waals surface area contributed by atoms with Crippen molar-refractivity contribution < 1.29 is 14.2 Å². The van der Waals surface area contributed by atoms with E-state index in [0.717, 1.165) is 27.3 Å². The van der Waals surface area contributed by atoms with Crippen molar-refractivity contribution in [2.75, 3.05) is 0 Å². The van der Waals surface area contributed by atoms with Crippen LogP contribution >= 0.6 is 0 Å². The second-order valence-corrected chi connectivity index (χ2v) is 6.91. The van der Waals surface area contributed by atoms with E-state index in [1.165, 1.54) is 0 Å². The Morgan fingerprint density at radius 2 is 1.66 bits per heavy atom. The number of primary amides is 1. The maximum atomic E-state index is 12.6. The van der Waals surface area contributed by atoms with Crippen LogP contribution in [0.5, 0.6) is 0 Å². The normalized spacial score (nSPS) is 11.4. The molecule has 1 atom stereocenters. The molecule has 0 spiro atoms. The molecule has 5 nitrogen and oxygen atoms in total. The van der Waals surface area contributed by atoms with Gasteiger partial charge in [0.1, 0.15) is 6.04 Å². The van der Waals surface area contributed by atoms with Gasteiger partial charge in [0.15, 0.2) is 0 Å². The van der Waals surface area contributed by atoms with E-state index in [-0.39, 0.29) is 20.3 Å². The summed E-state index contributed by atoms with van der Waals surface area (Å²) in [5, 5.41) is 2.07. The molecular formula is C23H27BN2O3. The van der Waals surface area contributed by atoms with Crippen molar-refractivity contribution in [3.05, 3.63) is 72.3 Å². The molecule has 0 aliphatic carbocycles. The molecule has 0 saturated carbocycles. The van der Waals surface area contributed by atoms with Crippen molar-refractivity contribution >= 4 is 40.5 Å². The van der Waals surface area contributed by atoms with Gasteiger partial charge in [-0.25, -0.2) is 0 Å². The summed E-state index contributed by atoms with van der Waals surface area (Å²) in [5.41, 5.74) is 13.9. The number of hydrogen-bond acceptors (Lipinski definition) is 4. The summed E-state index contributed by atoms with van der Waals surface area (Å²) in [6.45, 7) is 1.40. The van der Waals surface area contributed by atoms with Crippen LogP contribution in [0.15, 0.2) is 66.7 Å². The lowest BCUT2D eigenvalue weighted by molar-refractivity contribution is -0.136. The Hall–Kier alpha value is -3.12. The summed E-state index contributed by atoms with van der Waals surface area (Å²) >= 11 is 0. The van der Waals surface area contributed by atoms with E-state index in [2.05, 4.69) is 0 Å². The first-order valence-corrected chi connectivity index (χ1v) is 9.24. The van der Waals surface area contributed by atoms with Gasteiger partial charge in [0.05, 0.1) is 0 Å². The minimum absolute atomic E-state index is 0. The fourth-order valence-corrected chi connectivity index (χ4v) is 3.15. The minimum Gasteiger partial charge on any atom is -0.525 e. The molecule has 1 unspecified atom stereocenters. The quantitative estimate of drug-likeness (QED) is 0.604. The van der Waals surface area contributed by atoms with Crippen LogP contribution in [-0.4, -0.2) is 24.8 Å². The molecule has 6 heteroatoms. The van der Waals surface area contributed by atoms with Gasteiger partial charge in [0.25, 0.3) is 0 Å². The van der Waals surface area contributed by atoms with Crippen molar-refractivity contribution in [1.29, 1.82) is 0 Å². The molecule has 0 bridgehead atoms. The second kappa shape index (κ2) is 9.89. The second-order valence-electron chi connectivity index (χ2n) is 6.91. The Balaban J connectivity index is 0.00000300. The number of aryl methyl sites for hydroxylation is 1. The van der Waals surface area contributed by atoms with Crippen molar-refractivity contribution in [2.45, 2.75) is 33.2 Å². The molecule has 150 valence electrons.